The van der Waals surface area contributed by atoms with Crippen molar-refractivity contribution < 1.29 is 13.9 Å². The van der Waals surface area contributed by atoms with Gasteiger partial charge in [0.05, 0.1) is 6.26 Å². The molecular formula is C13H9NO3. The van der Waals surface area contributed by atoms with Crippen molar-refractivity contribution in [1.82, 2.24) is 0 Å². The molecule has 2 aromatic rings. The van der Waals surface area contributed by atoms with Crippen molar-refractivity contribution in [2.24, 2.45) is 0 Å². The lowest BCUT2D eigenvalue weighted by molar-refractivity contribution is 0.0520. The fourth-order valence-electron chi connectivity index (χ4n) is 1.48. The van der Waals surface area contributed by atoms with Crippen molar-refractivity contribution >= 4 is 5.97 Å². The van der Waals surface area contributed by atoms with Gasteiger partial charge < -0.3 is 9.15 Å². The number of carbonyl (C=O) groups excluding carboxylic acids is 1. The summed E-state index contributed by atoms with van der Waals surface area (Å²) >= 11 is 0. The molecule has 0 bridgehead atoms. The molecule has 4 nitrogen and oxygen atoms in total. The minimum atomic E-state index is -0.629. The molecule has 4 heteroatoms. The van der Waals surface area contributed by atoms with E-state index in [2.05, 4.69) is 0 Å². The second kappa shape index (κ2) is 4.99. The molecule has 1 aromatic carbocycles. The molecule has 0 aliphatic heterocycles. The molecule has 1 aromatic heterocycles. The molecule has 0 amide bonds. The monoisotopic (exact) mass is 227 g/mol. The van der Waals surface area contributed by atoms with Gasteiger partial charge in [-0.05, 0) is 11.6 Å². The van der Waals surface area contributed by atoms with Crippen molar-refractivity contribution in [2.45, 2.75) is 0 Å². The topological polar surface area (TPSA) is 63.2 Å². The number of hydrogen-bond donors (Lipinski definition) is 0. The minimum Gasteiger partial charge on any atom is -0.457 e. The molecule has 0 aliphatic rings. The van der Waals surface area contributed by atoms with Gasteiger partial charge in [0.1, 0.15) is 6.07 Å². The highest BCUT2D eigenvalue weighted by Gasteiger charge is 2.17. The van der Waals surface area contributed by atoms with Crippen LogP contribution in [-0.2, 0) is 4.74 Å². The van der Waals surface area contributed by atoms with E-state index in [0.29, 0.717) is 5.56 Å². The Labute approximate surface area is 98.0 Å². The van der Waals surface area contributed by atoms with Gasteiger partial charge in [-0.1, -0.05) is 30.3 Å². The first-order valence-corrected chi connectivity index (χ1v) is 5.00. The van der Waals surface area contributed by atoms with E-state index < -0.39 is 5.97 Å². The molecular weight excluding hydrogens is 218 g/mol. The molecule has 0 fully saturated rings. The van der Waals surface area contributed by atoms with E-state index in [1.54, 1.807) is 12.1 Å². The molecule has 17 heavy (non-hydrogen) atoms. The van der Waals surface area contributed by atoms with Crippen molar-refractivity contribution in [3.63, 3.8) is 0 Å². The van der Waals surface area contributed by atoms with Gasteiger partial charge in [-0.3, -0.25) is 0 Å². The first kappa shape index (κ1) is 11.0. The Bertz CT molecular complexity index is 552. The third kappa shape index (κ3) is 2.34. The van der Waals surface area contributed by atoms with Gasteiger partial charge in [-0.15, -0.1) is 0 Å². The van der Waals surface area contributed by atoms with E-state index in [9.17, 15) is 4.79 Å². The smallest absolute Gasteiger partial charge is 0.375 e. The fourth-order valence-corrected chi connectivity index (χ4v) is 1.48. The zero-order valence-electron chi connectivity index (χ0n) is 8.92. The highest BCUT2D eigenvalue weighted by Crippen LogP contribution is 2.25. The van der Waals surface area contributed by atoms with Gasteiger partial charge in [-0.25, -0.2) is 4.79 Å². The van der Waals surface area contributed by atoms with Crippen LogP contribution in [0.1, 0.15) is 10.6 Å². The lowest BCUT2D eigenvalue weighted by Crippen LogP contribution is -2.05. The van der Waals surface area contributed by atoms with Gasteiger partial charge in [0.2, 0.25) is 5.76 Å². The van der Waals surface area contributed by atoms with Crippen LogP contribution in [0.25, 0.3) is 11.1 Å². The van der Waals surface area contributed by atoms with Crippen molar-refractivity contribution in [1.29, 1.82) is 5.26 Å². The Morgan fingerprint density at radius 2 is 2.06 bits per heavy atom. The Balaban J connectivity index is 2.30. The number of carbonyl (C=O) groups is 1. The van der Waals surface area contributed by atoms with Crippen LogP contribution in [0.2, 0.25) is 0 Å². The largest absolute Gasteiger partial charge is 0.457 e. The number of hydrogen-bond acceptors (Lipinski definition) is 4. The van der Waals surface area contributed by atoms with Gasteiger partial charge in [0, 0.05) is 5.56 Å². The molecule has 2 rings (SSSR count). The lowest BCUT2D eigenvalue weighted by atomic mass is 10.1. The summed E-state index contributed by atoms with van der Waals surface area (Å²) in [6, 6.07) is 12.8. The van der Waals surface area contributed by atoms with Crippen LogP contribution in [0.4, 0.5) is 0 Å². The Morgan fingerprint density at radius 3 is 2.76 bits per heavy atom. The van der Waals surface area contributed by atoms with Gasteiger partial charge >= 0.3 is 5.97 Å². The normalized spacial score (nSPS) is 9.59. The number of rotatable bonds is 3. The average molecular weight is 227 g/mol. The Kier molecular flexibility index (Phi) is 3.22. The number of benzene rings is 1. The number of esters is 1. The molecule has 0 N–H and O–H groups in total. The third-order valence-electron chi connectivity index (χ3n) is 2.20. The van der Waals surface area contributed by atoms with E-state index >= 15 is 0 Å². The van der Waals surface area contributed by atoms with E-state index in [0.717, 1.165) is 5.56 Å². The molecule has 0 saturated carbocycles. The first-order chi connectivity index (χ1) is 8.33. The van der Waals surface area contributed by atoms with E-state index in [-0.39, 0.29) is 12.4 Å². The summed E-state index contributed by atoms with van der Waals surface area (Å²) in [7, 11) is 0. The Hall–Kier alpha value is -2.54. The highest BCUT2D eigenvalue weighted by atomic mass is 16.5. The summed E-state index contributed by atoms with van der Waals surface area (Å²) in [6.45, 7) is -0.284. The molecule has 0 aliphatic carbocycles. The molecule has 84 valence electrons. The average Bonchev–Trinajstić information content (AvgIpc) is 2.86. The summed E-state index contributed by atoms with van der Waals surface area (Å²) in [6.07, 6.45) is 1.42. The van der Waals surface area contributed by atoms with Gasteiger partial charge in [0.25, 0.3) is 0 Å². The second-order valence-electron chi connectivity index (χ2n) is 3.26. The standard InChI is InChI=1S/C13H9NO3/c14-7-9-17-13(15)12-11(6-8-16-12)10-4-2-1-3-5-10/h1-6,8H,9H2. The van der Waals surface area contributed by atoms with Crippen LogP contribution in [0.3, 0.4) is 0 Å². The summed E-state index contributed by atoms with van der Waals surface area (Å²) < 4.78 is 9.80. The van der Waals surface area contributed by atoms with Crippen LogP contribution >= 0.6 is 0 Å². The van der Waals surface area contributed by atoms with Crippen molar-refractivity contribution in [3.8, 4) is 17.2 Å². The van der Waals surface area contributed by atoms with Gasteiger partial charge in [0.15, 0.2) is 6.61 Å². The summed E-state index contributed by atoms with van der Waals surface area (Å²) in [4.78, 5) is 11.6. The maximum Gasteiger partial charge on any atom is 0.375 e. The van der Waals surface area contributed by atoms with E-state index in [4.69, 9.17) is 14.4 Å². The summed E-state index contributed by atoms with van der Waals surface area (Å²) in [5, 5.41) is 8.34. The number of nitriles is 1. The third-order valence-corrected chi connectivity index (χ3v) is 2.20. The zero-order chi connectivity index (χ0) is 12.1. The maximum absolute atomic E-state index is 11.6. The molecule has 0 spiro atoms. The molecule has 1 heterocycles. The van der Waals surface area contributed by atoms with Crippen LogP contribution in [0.5, 0.6) is 0 Å². The first-order valence-electron chi connectivity index (χ1n) is 5.00. The molecule has 0 unspecified atom stereocenters. The van der Waals surface area contributed by atoms with Crippen LogP contribution in [0.15, 0.2) is 47.1 Å². The summed E-state index contributed by atoms with van der Waals surface area (Å²) in [5.41, 5.74) is 1.53. The van der Waals surface area contributed by atoms with Crippen LogP contribution in [-0.4, -0.2) is 12.6 Å². The minimum absolute atomic E-state index is 0.117. The van der Waals surface area contributed by atoms with Gasteiger partial charge in [-0.2, -0.15) is 5.26 Å². The highest BCUT2D eigenvalue weighted by molar-refractivity contribution is 5.94. The van der Waals surface area contributed by atoms with Crippen LogP contribution < -0.4 is 0 Å². The second-order valence-corrected chi connectivity index (χ2v) is 3.26. The maximum atomic E-state index is 11.6. The van der Waals surface area contributed by atoms with E-state index in [1.807, 2.05) is 30.3 Å². The summed E-state index contributed by atoms with van der Waals surface area (Å²) in [5.74, 6) is -0.512. The molecule has 0 atom stereocenters. The fraction of sp³-hybridized carbons (Fsp3) is 0.0769. The molecule has 0 saturated heterocycles. The zero-order valence-corrected chi connectivity index (χ0v) is 8.92. The number of furan rings is 1. The SMILES string of the molecule is N#CCOC(=O)c1occc1-c1ccccc1. The Morgan fingerprint density at radius 1 is 1.29 bits per heavy atom. The molecule has 0 radical (unpaired) electrons. The predicted octanol–water partition coefficient (Wildman–Crippen LogP) is 2.63. The quantitative estimate of drug-likeness (QED) is 0.756. The predicted molar refractivity (Wildman–Crippen MR) is 60.0 cm³/mol. The van der Waals surface area contributed by atoms with Crippen LogP contribution in [0, 0.1) is 11.3 Å². The van der Waals surface area contributed by atoms with Crippen molar-refractivity contribution in [2.75, 3.05) is 6.61 Å². The lowest BCUT2D eigenvalue weighted by Gasteiger charge is -2.01. The van der Waals surface area contributed by atoms with Crippen molar-refractivity contribution in [3.05, 3.63) is 48.4 Å². The van der Waals surface area contributed by atoms with E-state index in [1.165, 1.54) is 6.26 Å². The number of ether oxygens (including phenoxy) is 1. The number of nitrogens with zero attached hydrogens (tertiary/aromatic N) is 1.